The number of nitrogens with zero attached hydrogens (tertiary/aromatic N) is 6. The third kappa shape index (κ3) is 3.46. The molecule has 0 aromatic carbocycles. The van der Waals surface area contributed by atoms with Crippen LogP contribution in [0.1, 0.15) is 31.3 Å². The van der Waals surface area contributed by atoms with Crippen LogP contribution in [0.3, 0.4) is 0 Å². The molecular formula is C11H16BrN7. The third-order valence-corrected chi connectivity index (χ3v) is 3.50. The highest BCUT2D eigenvalue weighted by Crippen LogP contribution is 2.24. The SMILES string of the molecule is Cc1nc(C(C)C)nc(NCCn2ncnn2)c1Br. The van der Waals surface area contributed by atoms with Crippen molar-refractivity contribution in [3.05, 3.63) is 22.3 Å². The summed E-state index contributed by atoms with van der Waals surface area (Å²) in [6, 6.07) is 0. The van der Waals surface area contributed by atoms with Gasteiger partial charge in [0.05, 0.1) is 16.7 Å². The molecule has 1 N–H and O–H groups in total. The van der Waals surface area contributed by atoms with Crippen molar-refractivity contribution in [1.29, 1.82) is 0 Å². The Morgan fingerprint density at radius 1 is 1.37 bits per heavy atom. The van der Waals surface area contributed by atoms with E-state index in [0.29, 0.717) is 19.0 Å². The van der Waals surface area contributed by atoms with Crippen molar-refractivity contribution in [2.45, 2.75) is 33.2 Å². The molecule has 0 saturated heterocycles. The highest BCUT2D eigenvalue weighted by molar-refractivity contribution is 9.10. The Bertz CT molecular complexity index is 538. The van der Waals surface area contributed by atoms with Gasteiger partial charge < -0.3 is 5.32 Å². The maximum Gasteiger partial charge on any atom is 0.162 e. The summed E-state index contributed by atoms with van der Waals surface area (Å²) in [6.45, 7) is 7.41. The first-order valence-corrected chi connectivity index (χ1v) is 6.86. The van der Waals surface area contributed by atoms with Gasteiger partial charge in [0.25, 0.3) is 0 Å². The summed E-state index contributed by atoms with van der Waals surface area (Å²) < 4.78 is 0.892. The standard InChI is InChI=1S/C11H16BrN7/c1-7(2)10-16-8(3)9(12)11(17-10)13-4-5-19-15-6-14-18-19/h6-7H,4-5H2,1-3H3,(H,13,16,17). The van der Waals surface area contributed by atoms with Gasteiger partial charge in [0, 0.05) is 12.5 Å². The number of hydrogen-bond donors (Lipinski definition) is 1. The van der Waals surface area contributed by atoms with Crippen molar-refractivity contribution in [3.8, 4) is 0 Å². The van der Waals surface area contributed by atoms with Crippen LogP contribution >= 0.6 is 15.9 Å². The van der Waals surface area contributed by atoms with Gasteiger partial charge in [-0.2, -0.15) is 4.80 Å². The van der Waals surface area contributed by atoms with Crippen molar-refractivity contribution < 1.29 is 0 Å². The van der Waals surface area contributed by atoms with Gasteiger partial charge in [-0.3, -0.25) is 0 Å². The van der Waals surface area contributed by atoms with Crippen LogP contribution in [-0.2, 0) is 6.54 Å². The number of nitrogens with one attached hydrogen (secondary N) is 1. The zero-order valence-electron chi connectivity index (χ0n) is 11.1. The first-order chi connectivity index (χ1) is 9.08. The molecule has 0 aliphatic carbocycles. The molecule has 2 rings (SSSR count). The third-order valence-electron chi connectivity index (χ3n) is 2.55. The molecule has 0 saturated carbocycles. The minimum atomic E-state index is 0.296. The minimum Gasteiger partial charge on any atom is -0.367 e. The fraction of sp³-hybridized carbons (Fsp3) is 0.545. The first-order valence-electron chi connectivity index (χ1n) is 6.06. The monoisotopic (exact) mass is 325 g/mol. The number of halogens is 1. The molecule has 2 aromatic heterocycles. The number of tetrazole rings is 1. The fourth-order valence-corrected chi connectivity index (χ4v) is 1.84. The van der Waals surface area contributed by atoms with Gasteiger partial charge in [-0.05, 0) is 28.1 Å². The number of hydrogen-bond acceptors (Lipinski definition) is 6. The summed E-state index contributed by atoms with van der Waals surface area (Å²) in [5.74, 6) is 1.93. The summed E-state index contributed by atoms with van der Waals surface area (Å²) in [6.07, 6.45) is 1.42. The average Bonchev–Trinajstić information content (AvgIpc) is 2.87. The molecular weight excluding hydrogens is 310 g/mol. The number of aromatic nitrogens is 6. The second-order valence-corrected chi connectivity index (χ2v) is 5.24. The van der Waals surface area contributed by atoms with Crippen LogP contribution in [0.2, 0.25) is 0 Å². The van der Waals surface area contributed by atoms with E-state index in [0.717, 1.165) is 21.8 Å². The van der Waals surface area contributed by atoms with Crippen LogP contribution in [0.4, 0.5) is 5.82 Å². The number of aryl methyl sites for hydroxylation is 1. The molecule has 2 heterocycles. The van der Waals surface area contributed by atoms with Gasteiger partial charge in [0.2, 0.25) is 0 Å². The van der Waals surface area contributed by atoms with Crippen molar-refractivity contribution in [2.24, 2.45) is 0 Å². The predicted octanol–water partition coefficient (Wildman–Crippen LogP) is 1.77. The molecule has 7 nitrogen and oxygen atoms in total. The molecule has 8 heteroatoms. The lowest BCUT2D eigenvalue weighted by molar-refractivity contribution is 0.538. The smallest absolute Gasteiger partial charge is 0.162 e. The second kappa shape index (κ2) is 6.05. The Labute approximate surface area is 120 Å². The maximum atomic E-state index is 4.52. The lowest BCUT2D eigenvalue weighted by Crippen LogP contribution is -2.15. The van der Waals surface area contributed by atoms with Crippen LogP contribution in [0.15, 0.2) is 10.8 Å². The van der Waals surface area contributed by atoms with Crippen molar-refractivity contribution >= 4 is 21.7 Å². The van der Waals surface area contributed by atoms with Gasteiger partial charge >= 0.3 is 0 Å². The van der Waals surface area contributed by atoms with E-state index in [1.807, 2.05) is 6.92 Å². The lowest BCUT2D eigenvalue weighted by atomic mass is 10.2. The quantitative estimate of drug-likeness (QED) is 0.902. The Balaban J connectivity index is 2.06. The molecule has 0 aliphatic rings. The van der Waals surface area contributed by atoms with E-state index < -0.39 is 0 Å². The van der Waals surface area contributed by atoms with E-state index >= 15 is 0 Å². The van der Waals surface area contributed by atoms with Gasteiger partial charge in [-0.15, -0.1) is 10.2 Å². The van der Waals surface area contributed by atoms with Crippen molar-refractivity contribution in [3.63, 3.8) is 0 Å². The van der Waals surface area contributed by atoms with E-state index in [1.54, 1.807) is 0 Å². The predicted molar refractivity (Wildman–Crippen MR) is 74.9 cm³/mol. The molecule has 0 radical (unpaired) electrons. The Hall–Kier alpha value is -1.57. The second-order valence-electron chi connectivity index (χ2n) is 4.44. The number of rotatable bonds is 5. The molecule has 0 bridgehead atoms. The zero-order valence-corrected chi connectivity index (χ0v) is 12.7. The molecule has 2 aromatic rings. The van der Waals surface area contributed by atoms with Crippen LogP contribution in [0.25, 0.3) is 0 Å². The van der Waals surface area contributed by atoms with Crippen molar-refractivity contribution in [1.82, 2.24) is 30.2 Å². The largest absolute Gasteiger partial charge is 0.367 e. The molecule has 0 spiro atoms. The van der Waals surface area contributed by atoms with Gasteiger partial charge in [-0.1, -0.05) is 13.8 Å². The summed E-state index contributed by atoms with van der Waals surface area (Å²) in [4.78, 5) is 10.5. The van der Waals surface area contributed by atoms with E-state index in [2.05, 4.69) is 60.5 Å². The number of anilines is 1. The molecule has 0 fully saturated rings. The van der Waals surface area contributed by atoms with E-state index in [9.17, 15) is 0 Å². The highest BCUT2D eigenvalue weighted by Gasteiger charge is 2.11. The van der Waals surface area contributed by atoms with Crippen molar-refractivity contribution in [2.75, 3.05) is 11.9 Å². The zero-order chi connectivity index (χ0) is 13.8. The van der Waals surface area contributed by atoms with E-state index in [-0.39, 0.29) is 0 Å². The van der Waals surface area contributed by atoms with Gasteiger partial charge in [-0.25, -0.2) is 9.97 Å². The van der Waals surface area contributed by atoms with Crippen LogP contribution in [-0.4, -0.2) is 36.7 Å². The normalized spacial score (nSPS) is 11.0. The molecule has 0 aliphatic heterocycles. The van der Waals surface area contributed by atoms with Gasteiger partial charge in [0.15, 0.2) is 6.33 Å². The van der Waals surface area contributed by atoms with E-state index in [4.69, 9.17) is 0 Å². The first kappa shape index (κ1) is 13.9. The summed E-state index contributed by atoms with van der Waals surface area (Å²) in [5.41, 5.74) is 0.931. The Morgan fingerprint density at radius 3 is 2.79 bits per heavy atom. The molecule has 19 heavy (non-hydrogen) atoms. The van der Waals surface area contributed by atoms with E-state index in [1.165, 1.54) is 11.1 Å². The molecule has 0 atom stereocenters. The molecule has 0 amide bonds. The highest BCUT2D eigenvalue weighted by atomic mass is 79.9. The van der Waals surface area contributed by atoms with Gasteiger partial charge in [0.1, 0.15) is 11.6 Å². The summed E-state index contributed by atoms with van der Waals surface area (Å²) in [7, 11) is 0. The topological polar surface area (TPSA) is 81.4 Å². The maximum absolute atomic E-state index is 4.52. The summed E-state index contributed by atoms with van der Waals surface area (Å²) >= 11 is 3.50. The lowest BCUT2D eigenvalue weighted by Gasteiger charge is -2.12. The molecule has 0 unspecified atom stereocenters. The average molecular weight is 326 g/mol. The van der Waals surface area contributed by atoms with Crippen LogP contribution < -0.4 is 5.32 Å². The van der Waals surface area contributed by atoms with Crippen LogP contribution in [0.5, 0.6) is 0 Å². The van der Waals surface area contributed by atoms with Crippen LogP contribution in [0, 0.1) is 6.92 Å². The fourth-order valence-electron chi connectivity index (χ4n) is 1.52. The Kier molecular flexibility index (Phi) is 4.41. The Morgan fingerprint density at radius 2 is 2.16 bits per heavy atom. The summed E-state index contributed by atoms with van der Waals surface area (Å²) in [5, 5.41) is 14.7. The molecule has 102 valence electrons. The minimum absolute atomic E-state index is 0.296.